The number of rotatable bonds is 8. The number of carboxylic acid groups (broad SMARTS) is 1. The van der Waals surface area contributed by atoms with Gasteiger partial charge in [-0.15, -0.1) is 0 Å². The molecule has 7 heteroatoms. The number of hydrogen-bond acceptors (Lipinski definition) is 2. The molecule has 0 bridgehead atoms. The summed E-state index contributed by atoms with van der Waals surface area (Å²) in [4.78, 5) is 12.5. The second kappa shape index (κ2) is 12.3. The van der Waals surface area contributed by atoms with E-state index in [4.69, 9.17) is 27.9 Å². The Kier molecular flexibility index (Phi) is 10.2. The minimum atomic E-state index is -0.679. The highest BCUT2D eigenvalue weighted by Crippen LogP contribution is 2.26. The van der Waals surface area contributed by atoms with Crippen LogP contribution in [0.3, 0.4) is 0 Å². The number of quaternary nitrogens is 1. The number of halogens is 3. The zero-order valence-electron chi connectivity index (χ0n) is 16.6. The lowest BCUT2D eigenvalue weighted by atomic mass is 9.98. The molecule has 0 amide bonds. The fourth-order valence-electron chi connectivity index (χ4n) is 3.69. The monoisotopic (exact) mass is 469 g/mol. The van der Waals surface area contributed by atoms with E-state index in [9.17, 15) is 9.90 Å². The molecule has 1 aliphatic heterocycles. The zero-order chi connectivity index (χ0) is 20.6. The first-order valence-corrected chi connectivity index (χ1v) is 10.6. The van der Waals surface area contributed by atoms with Gasteiger partial charge in [0, 0.05) is 10.0 Å². The van der Waals surface area contributed by atoms with Crippen LogP contribution >= 0.6 is 23.2 Å². The van der Waals surface area contributed by atoms with E-state index in [1.54, 1.807) is 0 Å². The van der Waals surface area contributed by atoms with E-state index in [2.05, 4.69) is 6.08 Å². The van der Waals surface area contributed by atoms with Gasteiger partial charge in [0.05, 0.1) is 26.3 Å². The highest BCUT2D eigenvalue weighted by atomic mass is 35.5. The molecule has 2 aromatic rings. The van der Waals surface area contributed by atoms with Gasteiger partial charge in [-0.3, -0.25) is 4.79 Å². The third-order valence-corrected chi connectivity index (χ3v) is 5.79. The standard InChI is InChI=1S/C23H25Cl2NO3.ClH/c24-20-7-3-17(4-8-20)22(18-5-9-21(25)10-6-18)11-14-29-15-13-26-12-1-2-19(16-26)23(27)28;/h3-11,19H,1-2,12-16H2,(H,27,28);1H. The van der Waals surface area contributed by atoms with Crippen molar-refractivity contribution in [3.63, 3.8) is 0 Å². The SMILES string of the molecule is O=C(O)C1CCC[NH+](CCOCC=C(c2ccc(Cl)cc2)c2ccc(Cl)cc2)C1.[Cl-]. The van der Waals surface area contributed by atoms with Crippen LogP contribution in [0.2, 0.25) is 10.0 Å². The van der Waals surface area contributed by atoms with Crippen molar-refractivity contribution in [2.75, 3.05) is 32.8 Å². The third kappa shape index (κ3) is 7.29. The predicted molar refractivity (Wildman–Crippen MR) is 117 cm³/mol. The molecule has 0 spiro atoms. The van der Waals surface area contributed by atoms with Gasteiger partial charge in [-0.25, -0.2) is 0 Å². The second-order valence-electron chi connectivity index (χ2n) is 7.34. The Morgan fingerprint density at radius 3 is 2.17 bits per heavy atom. The van der Waals surface area contributed by atoms with Crippen LogP contribution < -0.4 is 17.3 Å². The van der Waals surface area contributed by atoms with Gasteiger partial charge in [-0.05, 0) is 53.8 Å². The van der Waals surface area contributed by atoms with Crippen molar-refractivity contribution in [1.29, 1.82) is 0 Å². The van der Waals surface area contributed by atoms with Crippen molar-refractivity contribution in [3.05, 3.63) is 75.8 Å². The Bertz CT molecular complexity index is 790. The van der Waals surface area contributed by atoms with Crippen molar-refractivity contribution < 1.29 is 31.9 Å². The average Bonchev–Trinajstić information content (AvgIpc) is 2.73. The molecule has 1 heterocycles. The highest BCUT2D eigenvalue weighted by Gasteiger charge is 2.27. The number of nitrogens with one attached hydrogen (secondary N) is 1. The molecule has 0 saturated carbocycles. The largest absolute Gasteiger partial charge is 1.00 e. The Hall–Kier alpha value is -1.56. The molecule has 4 nitrogen and oxygen atoms in total. The quantitative estimate of drug-likeness (QED) is 0.562. The Morgan fingerprint density at radius 1 is 1.07 bits per heavy atom. The fraction of sp³-hybridized carbons (Fsp3) is 0.348. The number of aliphatic carboxylic acids is 1. The molecular weight excluding hydrogens is 445 g/mol. The van der Waals surface area contributed by atoms with Gasteiger partial charge in [0.2, 0.25) is 0 Å². The molecule has 2 atom stereocenters. The van der Waals surface area contributed by atoms with E-state index in [0.29, 0.717) is 29.8 Å². The molecule has 0 radical (unpaired) electrons. The highest BCUT2D eigenvalue weighted by molar-refractivity contribution is 6.31. The van der Waals surface area contributed by atoms with E-state index in [1.165, 1.54) is 4.90 Å². The van der Waals surface area contributed by atoms with Crippen LogP contribution in [0.25, 0.3) is 5.57 Å². The van der Waals surface area contributed by atoms with Crippen molar-refractivity contribution in [2.45, 2.75) is 12.8 Å². The fourth-order valence-corrected chi connectivity index (χ4v) is 3.94. The first kappa shape index (κ1) is 24.7. The summed E-state index contributed by atoms with van der Waals surface area (Å²) < 4.78 is 5.86. The second-order valence-corrected chi connectivity index (χ2v) is 8.21. The molecule has 3 rings (SSSR count). The van der Waals surface area contributed by atoms with Crippen LogP contribution in [0, 0.1) is 5.92 Å². The van der Waals surface area contributed by atoms with Crippen LogP contribution in [0.15, 0.2) is 54.6 Å². The summed E-state index contributed by atoms with van der Waals surface area (Å²) in [5.74, 6) is -0.901. The summed E-state index contributed by atoms with van der Waals surface area (Å²) >= 11 is 12.1. The zero-order valence-corrected chi connectivity index (χ0v) is 18.9. The molecule has 1 fully saturated rings. The van der Waals surface area contributed by atoms with E-state index < -0.39 is 5.97 Å². The molecule has 1 saturated heterocycles. The maximum atomic E-state index is 11.2. The minimum Gasteiger partial charge on any atom is -1.00 e. The molecule has 0 aromatic heterocycles. The molecule has 30 heavy (non-hydrogen) atoms. The Labute approximate surface area is 193 Å². The van der Waals surface area contributed by atoms with Gasteiger partial charge >= 0.3 is 5.97 Å². The topological polar surface area (TPSA) is 51.0 Å². The van der Waals surface area contributed by atoms with Crippen LogP contribution in [0.4, 0.5) is 0 Å². The molecule has 1 aliphatic rings. The first-order valence-electron chi connectivity index (χ1n) is 9.89. The Balaban J connectivity index is 0.00000320. The minimum absolute atomic E-state index is 0. The molecular formula is C23H26Cl3NO3. The van der Waals surface area contributed by atoms with E-state index in [-0.39, 0.29) is 18.3 Å². The summed E-state index contributed by atoms with van der Waals surface area (Å²) in [6.45, 7) is 3.62. The van der Waals surface area contributed by atoms with E-state index in [0.717, 1.165) is 42.6 Å². The number of likely N-dealkylation sites (tertiary alicyclic amines) is 1. The number of ether oxygens (including phenoxy) is 1. The van der Waals surface area contributed by atoms with E-state index in [1.807, 2.05) is 48.5 Å². The smallest absolute Gasteiger partial charge is 0.312 e. The molecule has 162 valence electrons. The summed E-state index contributed by atoms with van der Waals surface area (Å²) in [6, 6.07) is 15.5. The van der Waals surface area contributed by atoms with Gasteiger partial charge in [0.15, 0.2) is 0 Å². The maximum Gasteiger partial charge on any atom is 0.312 e. The summed E-state index contributed by atoms with van der Waals surface area (Å²) in [5.41, 5.74) is 3.19. The maximum absolute atomic E-state index is 11.2. The molecule has 2 unspecified atom stereocenters. The van der Waals surface area contributed by atoms with Crippen molar-refractivity contribution in [1.82, 2.24) is 0 Å². The van der Waals surface area contributed by atoms with Gasteiger partial charge in [0.1, 0.15) is 12.5 Å². The first-order chi connectivity index (χ1) is 14.0. The van der Waals surface area contributed by atoms with Gasteiger partial charge < -0.3 is 27.2 Å². The van der Waals surface area contributed by atoms with Gasteiger partial charge in [-0.1, -0.05) is 53.5 Å². The van der Waals surface area contributed by atoms with Gasteiger partial charge in [-0.2, -0.15) is 0 Å². The van der Waals surface area contributed by atoms with Crippen LogP contribution in [0.1, 0.15) is 24.0 Å². The molecule has 2 N–H and O–H groups in total. The third-order valence-electron chi connectivity index (χ3n) is 5.28. The number of carbonyl (C=O) groups is 1. The summed E-state index contributed by atoms with van der Waals surface area (Å²) in [5, 5.41) is 10.6. The van der Waals surface area contributed by atoms with Crippen molar-refractivity contribution >= 4 is 34.7 Å². The molecule has 0 aliphatic carbocycles. The number of piperidine rings is 1. The lowest BCUT2D eigenvalue weighted by molar-refractivity contribution is -0.907. The van der Waals surface area contributed by atoms with E-state index >= 15 is 0 Å². The van der Waals surface area contributed by atoms with Crippen molar-refractivity contribution in [3.8, 4) is 0 Å². The van der Waals surface area contributed by atoms with Crippen LogP contribution in [-0.4, -0.2) is 43.9 Å². The van der Waals surface area contributed by atoms with Crippen LogP contribution in [0.5, 0.6) is 0 Å². The Morgan fingerprint density at radius 2 is 1.63 bits per heavy atom. The number of benzene rings is 2. The van der Waals surface area contributed by atoms with Crippen LogP contribution in [-0.2, 0) is 9.53 Å². The lowest BCUT2D eigenvalue weighted by Gasteiger charge is -2.27. The summed E-state index contributed by atoms with van der Waals surface area (Å²) in [6.07, 6.45) is 3.82. The normalized spacial score (nSPS) is 18.3. The average molecular weight is 471 g/mol. The number of carboxylic acids is 1. The number of hydrogen-bond donors (Lipinski definition) is 2. The molecule has 2 aromatic carbocycles. The van der Waals surface area contributed by atoms with Gasteiger partial charge in [0.25, 0.3) is 0 Å². The predicted octanol–water partition coefficient (Wildman–Crippen LogP) is 0.825. The van der Waals surface area contributed by atoms with Crippen molar-refractivity contribution in [2.24, 2.45) is 5.92 Å². The summed E-state index contributed by atoms with van der Waals surface area (Å²) in [7, 11) is 0. The lowest BCUT2D eigenvalue weighted by Crippen LogP contribution is -3.14.